The Bertz CT molecular complexity index is 224. The van der Waals surface area contributed by atoms with Crippen molar-refractivity contribution in [1.82, 2.24) is 10.2 Å². The van der Waals surface area contributed by atoms with E-state index in [1.807, 2.05) is 6.92 Å². The zero-order valence-corrected chi connectivity index (χ0v) is 6.35. The molecule has 0 aliphatic heterocycles. The predicted octanol–water partition coefficient (Wildman–Crippen LogP) is 0.972. The monoisotopic (exact) mass is 153 g/mol. The van der Waals surface area contributed by atoms with Gasteiger partial charge < -0.3 is 5.32 Å². The lowest BCUT2D eigenvalue weighted by molar-refractivity contribution is 0.996. The highest BCUT2D eigenvalue weighted by atomic mass is 32.1. The van der Waals surface area contributed by atoms with Crippen molar-refractivity contribution in [3.8, 4) is 12.3 Å². The first-order chi connectivity index (χ1) is 4.83. The fourth-order valence-electron chi connectivity index (χ4n) is 0.463. The number of hydrogen-bond donors (Lipinski definition) is 1. The van der Waals surface area contributed by atoms with Crippen molar-refractivity contribution < 1.29 is 0 Å². The molecule has 0 amide bonds. The van der Waals surface area contributed by atoms with Crippen LogP contribution < -0.4 is 5.32 Å². The van der Waals surface area contributed by atoms with Crippen LogP contribution in [0.2, 0.25) is 0 Å². The van der Waals surface area contributed by atoms with E-state index in [9.17, 15) is 0 Å². The van der Waals surface area contributed by atoms with Gasteiger partial charge in [-0.1, -0.05) is 17.3 Å². The summed E-state index contributed by atoms with van der Waals surface area (Å²) in [4.78, 5) is 0. The van der Waals surface area contributed by atoms with Gasteiger partial charge in [-0.05, 0) is 6.92 Å². The highest BCUT2D eigenvalue weighted by Crippen LogP contribution is 2.08. The predicted molar refractivity (Wildman–Crippen MR) is 41.8 cm³/mol. The summed E-state index contributed by atoms with van der Waals surface area (Å²) in [6, 6.07) is 0.0212. The summed E-state index contributed by atoms with van der Waals surface area (Å²) >= 11 is 1.44. The maximum absolute atomic E-state index is 5.13. The Balaban J connectivity index is 2.50. The van der Waals surface area contributed by atoms with E-state index in [2.05, 4.69) is 21.4 Å². The zero-order valence-electron chi connectivity index (χ0n) is 5.53. The molecule has 0 aliphatic rings. The molecule has 0 bridgehead atoms. The topological polar surface area (TPSA) is 37.8 Å². The smallest absolute Gasteiger partial charge is 0.206 e. The van der Waals surface area contributed by atoms with Gasteiger partial charge in [0.1, 0.15) is 5.51 Å². The molecule has 3 nitrogen and oxygen atoms in total. The Morgan fingerprint density at radius 2 is 2.70 bits per heavy atom. The molecule has 0 spiro atoms. The third-order valence-electron chi connectivity index (χ3n) is 0.950. The molecule has 52 valence electrons. The normalized spacial score (nSPS) is 12.0. The summed E-state index contributed by atoms with van der Waals surface area (Å²) in [5.74, 6) is 2.53. The lowest BCUT2D eigenvalue weighted by Crippen LogP contribution is -2.11. The van der Waals surface area contributed by atoms with Crippen LogP contribution in [-0.4, -0.2) is 16.2 Å². The molecular formula is C6H7N3S. The molecule has 0 saturated carbocycles. The van der Waals surface area contributed by atoms with Gasteiger partial charge in [0.25, 0.3) is 0 Å². The SMILES string of the molecule is C#CC(C)Nc1nncs1. The number of anilines is 1. The molecule has 0 aromatic carbocycles. The van der Waals surface area contributed by atoms with E-state index >= 15 is 0 Å². The molecular weight excluding hydrogens is 146 g/mol. The van der Waals surface area contributed by atoms with Gasteiger partial charge in [0.05, 0.1) is 6.04 Å². The Kier molecular flexibility index (Phi) is 2.24. The molecule has 0 radical (unpaired) electrons. The second-order valence-electron chi connectivity index (χ2n) is 1.78. The van der Waals surface area contributed by atoms with Crippen molar-refractivity contribution in [2.24, 2.45) is 0 Å². The zero-order chi connectivity index (χ0) is 7.40. The van der Waals surface area contributed by atoms with Crippen LogP contribution in [0.1, 0.15) is 6.92 Å². The van der Waals surface area contributed by atoms with Gasteiger partial charge in [0.2, 0.25) is 5.13 Å². The third-order valence-corrected chi connectivity index (χ3v) is 1.57. The molecule has 1 aromatic rings. The van der Waals surface area contributed by atoms with Crippen LogP contribution in [-0.2, 0) is 0 Å². The molecule has 1 unspecified atom stereocenters. The lowest BCUT2D eigenvalue weighted by Gasteiger charge is -2.02. The van der Waals surface area contributed by atoms with Crippen LogP contribution in [0, 0.1) is 12.3 Å². The standard InChI is InChI=1S/C6H7N3S/c1-3-5(2)8-6-9-7-4-10-6/h1,4-5H,2H3,(H,8,9). The van der Waals surface area contributed by atoms with E-state index in [0.717, 1.165) is 5.13 Å². The van der Waals surface area contributed by atoms with Crippen molar-refractivity contribution in [3.05, 3.63) is 5.51 Å². The molecule has 1 atom stereocenters. The number of hydrogen-bond acceptors (Lipinski definition) is 4. The third kappa shape index (κ3) is 1.71. The molecule has 0 aliphatic carbocycles. The highest BCUT2D eigenvalue weighted by molar-refractivity contribution is 7.13. The van der Waals surface area contributed by atoms with Crippen molar-refractivity contribution in [2.75, 3.05) is 5.32 Å². The van der Waals surface area contributed by atoms with Crippen molar-refractivity contribution >= 4 is 16.5 Å². The minimum absolute atomic E-state index is 0.0212. The second kappa shape index (κ2) is 3.18. The fourth-order valence-corrected chi connectivity index (χ4v) is 0.996. The van der Waals surface area contributed by atoms with Crippen molar-refractivity contribution in [1.29, 1.82) is 0 Å². The molecule has 10 heavy (non-hydrogen) atoms. The number of aromatic nitrogens is 2. The summed E-state index contributed by atoms with van der Waals surface area (Å²) in [7, 11) is 0. The Morgan fingerprint density at radius 3 is 3.20 bits per heavy atom. The first kappa shape index (κ1) is 7.03. The largest absolute Gasteiger partial charge is 0.347 e. The molecule has 0 saturated heterocycles. The van der Waals surface area contributed by atoms with Crippen LogP contribution in [0.3, 0.4) is 0 Å². The number of nitrogens with one attached hydrogen (secondary N) is 1. The number of nitrogens with zero attached hydrogens (tertiary/aromatic N) is 2. The van der Waals surface area contributed by atoms with Gasteiger partial charge in [-0.25, -0.2) is 0 Å². The van der Waals surface area contributed by atoms with E-state index in [1.165, 1.54) is 11.3 Å². The second-order valence-corrected chi connectivity index (χ2v) is 2.61. The Hall–Kier alpha value is -1.08. The van der Waals surface area contributed by atoms with Crippen LogP contribution in [0.5, 0.6) is 0 Å². The van der Waals surface area contributed by atoms with E-state index in [-0.39, 0.29) is 6.04 Å². The minimum Gasteiger partial charge on any atom is -0.347 e. The maximum atomic E-state index is 5.13. The summed E-state index contributed by atoms with van der Waals surface area (Å²) in [5, 5.41) is 11.2. The molecule has 1 heterocycles. The molecule has 1 aromatic heterocycles. The van der Waals surface area contributed by atoms with E-state index < -0.39 is 0 Å². The van der Waals surface area contributed by atoms with Crippen molar-refractivity contribution in [3.63, 3.8) is 0 Å². The Morgan fingerprint density at radius 1 is 1.90 bits per heavy atom. The van der Waals surface area contributed by atoms with E-state index in [4.69, 9.17) is 6.42 Å². The van der Waals surface area contributed by atoms with Gasteiger partial charge in [0.15, 0.2) is 0 Å². The lowest BCUT2D eigenvalue weighted by atomic mass is 10.4. The van der Waals surface area contributed by atoms with Gasteiger partial charge in [-0.15, -0.1) is 16.6 Å². The summed E-state index contributed by atoms with van der Waals surface area (Å²) in [6.07, 6.45) is 5.13. The van der Waals surface area contributed by atoms with E-state index in [0.29, 0.717) is 0 Å². The number of rotatable bonds is 2. The first-order valence-corrected chi connectivity index (χ1v) is 3.69. The van der Waals surface area contributed by atoms with Gasteiger partial charge >= 0.3 is 0 Å². The van der Waals surface area contributed by atoms with Crippen LogP contribution >= 0.6 is 11.3 Å². The van der Waals surface area contributed by atoms with Crippen LogP contribution in [0.4, 0.5) is 5.13 Å². The summed E-state index contributed by atoms with van der Waals surface area (Å²) in [5.41, 5.74) is 1.66. The van der Waals surface area contributed by atoms with Gasteiger partial charge in [-0.2, -0.15) is 0 Å². The Labute approximate surface area is 63.5 Å². The maximum Gasteiger partial charge on any atom is 0.206 e. The van der Waals surface area contributed by atoms with Gasteiger partial charge in [-0.3, -0.25) is 0 Å². The number of terminal acetylenes is 1. The fraction of sp³-hybridized carbons (Fsp3) is 0.333. The molecule has 4 heteroatoms. The van der Waals surface area contributed by atoms with Gasteiger partial charge in [0, 0.05) is 0 Å². The quantitative estimate of drug-likeness (QED) is 0.643. The molecule has 1 N–H and O–H groups in total. The summed E-state index contributed by atoms with van der Waals surface area (Å²) in [6.45, 7) is 1.89. The van der Waals surface area contributed by atoms with E-state index in [1.54, 1.807) is 5.51 Å². The highest BCUT2D eigenvalue weighted by Gasteiger charge is 1.97. The first-order valence-electron chi connectivity index (χ1n) is 2.82. The minimum atomic E-state index is 0.0212. The van der Waals surface area contributed by atoms with Crippen molar-refractivity contribution in [2.45, 2.75) is 13.0 Å². The molecule has 1 rings (SSSR count). The average molecular weight is 153 g/mol. The summed E-state index contributed by atoms with van der Waals surface area (Å²) < 4.78 is 0. The molecule has 0 fully saturated rings. The van der Waals surface area contributed by atoms with Crippen LogP contribution in [0.15, 0.2) is 5.51 Å². The van der Waals surface area contributed by atoms with Crippen LogP contribution in [0.25, 0.3) is 0 Å². The average Bonchev–Trinajstić information content (AvgIpc) is 2.40.